The third-order valence-electron chi connectivity index (χ3n) is 7.81. The van der Waals surface area contributed by atoms with Gasteiger partial charge in [0, 0.05) is 33.9 Å². The molecular weight excluding hydrogens is 486 g/mol. The Balaban J connectivity index is 1.35. The standard InChI is InChI=1S/C38H25NO/c1-2-9-26(10-3-1)30-14-8-15-31(23-30)39(32-19-17-27-11-4-5-13-29(27)24-32)33-20-21-35-37(25-33)40-36-22-18-28-12-6-7-16-34(28)38(35)36/h1-25H. The molecule has 0 aliphatic heterocycles. The van der Waals surface area contributed by atoms with Crippen LogP contribution in [0.5, 0.6) is 0 Å². The summed E-state index contributed by atoms with van der Waals surface area (Å²) < 4.78 is 6.46. The van der Waals surface area contributed by atoms with Crippen LogP contribution in [-0.4, -0.2) is 0 Å². The lowest BCUT2D eigenvalue weighted by Gasteiger charge is -2.26. The van der Waals surface area contributed by atoms with Crippen molar-refractivity contribution in [1.82, 2.24) is 0 Å². The van der Waals surface area contributed by atoms with Crippen molar-refractivity contribution in [1.29, 1.82) is 0 Å². The largest absolute Gasteiger partial charge is 0.456 e. The Morgan fingerprint density at radius 2 is 1.05 bits per heavy atom. The Hall–Kier alpha value is -5.34. The van der Waals surface area contributed by atoms with Crippen molar-refractivity contribution in [3.63, 3.8) is 0 Å². The van der Waals surface area contributed by atoms with Gasteiger partial charge in [0.1, 0.15) is 11.2 Å². The van der Waals surface area contributed by atoms with Crippen molar-refractivity contribution in [2.75, 3.05) is 4.90 Å². The minimum Gasteiger partial charge on any atom is -0.456 e. The first kappa shape index (κ1) is 22.6. The molecular formula is C38H25NO. The number of rotatable bonds is 4. The summed E-state index contributed by atoms with van der Waals surface area (Å²) >= 11 is 0. The molecule has 0 saturated carbocycles. The van der Waals surface area contributed by atoms with Gasteiger partial charge in [-0.3, -0.25) is 0 Å². The molecule has 0 saturated heterocycles. The van der Waals surface area contributed by atoms with Gasteiger partial charge in [-0.25, -0.2) is 0 Å². The Kier molecular flexibility index (Phi) is 5.17. The molecule has 1 heterocycles. The zero-order valence-electron chi connectivity index (χ0n) is 21.8. The molecule has 40 heavy (non-hydrogen) atoms. The number of furan rings is 1. The highest BCUT2D eigenvalue weighted by molar-refractivity contribution is 6.19. The molecule has 8 rings (SSSR count). The Labute approximate surface area is 232 Å². The first-order chi connectivity index (χ1) is 19.8. The van der Waals surface area contributed by atoms with E-state index in [-0.39, 0.29) is 0 Å². The first-order valence-electron chi connectivity index (χ1n) is 13.6. The van der Waals surface area contributed by atoms with E-state index in [2.05, 4.69) is 157 Å². The van der Waals surface area contributed by atoms with Gasteiger partial charge in [0.05, 0.1) is 0 Å². The summed E-state index contributed by atoms with van der Waals surface area (Å²) in [4.78, 5) is 2.32. The van der Waals surface area contributed by atoms with Crippen molar-refractivity contribution in [2.45, 2.75) is 0 Å². The second-order valence-corrected chi connectivity index (χ2v) is 10.2. The molecule has 2 nitrogen and oxygen atoms in total. The molecule has 0 atom stereocenters. The maximum atomic E-state index is 6.46. The molecule has 8 aromatic rings. The van der Waals surface area contributed by atoms with Crippen LogP contribution in [0.25, 0.3) is 54.6 Å². The van der Waals surface area contributed by atoms with Gasteiger partial charge in [0.25, 0.3) is 0 Å². The van der Waals surface area contributed by atoms with Crippen LogP contribution in [0.3, 0.4) is 0 Å². The maximum absolute atomic E-state index is 6.46. The minimum atomic E-state index is 0.883. The Bertz CT molecular complexity index is 2170. The molecule has 188 valence electrons. The number of hydrogen-bond acceptors (Lipinski definition) is 2. The Morgan fingerprint density at radius 3 is 1.95 bits per heavy atom. The van der Waals surface area contributed by atoms with Crippen molar-refractivity contribution in [2.24, 2.45) is 0 Å². The number of anilines is 3. The van der Waals surface area contributed by atoms with E-state index in [1.807, 2.05) is 0 Å². The van der Waals surface area contributed by atoms with Crippen LogP contribution in [-0.2, 0) is 0 Å². The molecule has 0 radical (unpaired) electrons. The van der Waals surface area contributed by atoms with Crippen LogP contribution in [0.4, 0.5) is 17.1 Å². The summed E-state index contributed by atoms with van der Waals surface area (Å²) in [5.41, 5.74) is 7.42. The third kappa shape index (κ3) is 3.73. The van der Waals surface area contributed by atoms with E-state index in [1.165, 1.54) is 38.1 Å². The van der Waals surface area contributed by atoms with Crippen molar-refractivity contribution >= 4 is 60.5 Å². The van der Waals surface area contributed by atoms with Crippen LogP contribution in [0.15, 0.2) is 156 Å². The fraction of sp³-hybridized carbons (Fsp3) is 0. The van der Waals surface area contributed by atoms with Gasteiger partial charge in [-0.15, -0.1) is 0 Å². The molecule has 0 amide bonds. The second-order valence-electron chi connectivity index (χ2n) is 10.2. The zero-order valence-corrected chi connectivity index (χ0v) is 21.8. The van der Waals surface area contributed by atoms with E-state index in [0.717, 1.165) is 33.6 Å². The van der Waals surface area contributed by atoms with Crippen molar-refractivity contribution < 1.29 is 4.42 Å². The van der Waals surface area contributed by atoms with E-state index in [1.54, 1.807) is 0 Å². The van der Waals surface area contributed by atoms with E-state index < -0.39 is 0 Å². The summed E-state index contributed by atoms with van der Waals surface area (Å²) in [6.45, 7) is 0. The van der Waals surface area contributed by atoms with Crippen molar-refractivity contribution in [3.05, 3.63) is 152 Å². The summed E-state index contributed by atoms with van der Waals surface area (Å²) in [5.74, 6) is 0. The molecule has 0 aliphatic rings. The summed E-state index contributed by atoms with van der Waals surface area (Å²) in [7, 11) is 0. The zero-order chi connectivity index (χ0) is 26.5. The molecule has 0 aliphatic carbocycles. The molecule has 0 fully saturated rings. The highest BCUT2D eigenvalue weighted by Gasteiger charge is 2.17. The average Bonchev–Trinajstić information content (AvgIpc) is 3.40. The van der Waals surface area contributed by atoms with Crippen LogP contribution in [0.2, 0.25) is 0 Å². The van der Waals surface area contributed by atoms with Gasteiger partial charge in [0.15, 0.2) is 0 Å². The first-order valence-corrected chi connectivity index (χ1v) is 13.6. The normalized spacial score (nSPS) is 11.5. The van der Waals surface area contributed by atoms with Gasteiger partial charge < -0.3 is 9.32 Å². The highest BCUT2D eigenvalue weighted by atomic mass is 16.3. The lowest BCUT2D eigenvalue weighted by molar-refractivity contribution is 0.669. The van der Waals surface area contributed by atoms with Crippen LogP contribution in [0.1, 0.15) is 0 Å². The lowest BCUT2D eigenvalue weighted by Crippen LogP contribution is -2.10. The summed E-state index contributed by atoms with van der Waals surface area (Å²) in [6, 6.07) is 53.8. The summed E-state index contributed by atoms with van der Waals surface area (Å²) in [6.07, 6.45) is 0. The smallest absolute Gasteiger partial charge is 0.137 e. The maximum Gasteiger partial charge on any atom is 0.137 e. The van der Waals surface area contributed by atoms with Crippen LogP contribution < -0.4 is 4.90 Å². The number of fused-ring (bicyclic) bond motifs is 6. The topological polar surface area (TPSA) is 16.4 Å². The molecule has 1 aromatic heterocycles. The molecule has 0 spiro atoms. The molecule has 7 aromatic carbocycles. The van der Waals surface area contributed by atoms with E-state index in [4.69, 9.17) is 4.42 Å². The van der Waals surface area contributed by atoms with Crippen LogP contribution in [0, 0.1) is 0 Å². The monoisotopic (exact) mass is 511 g/mol. The minimum absolute atomic E-state index is 0.883. The SMILES string of the molecule is c1ccc(-c2cccc(N(c3ccc4ccccc4c3)c3ccc4c(c3)oc3ccc5ccccc5c34)c2)cc1. The van der Waals surface area contributed by atoms with Gasteiger partial charge in [-0.2, -0.15) is 0 Å². The quantitative estimate of drug-likeness (QED) is 0.234. The third-order valence-corrected chi connectivity index (χ3v) is 7.81. The number of nitrogens with zero attached hydrogens (tertiary/aromatic N) is 1. The fourth-order valence-electron chi connectivity index (χ4n) is 5.89. The van der Waals surface area contributed by atoms with Gasteiger partial charge in [-0.05, 0) is 75.1 Å². The predicted molar refractivity (Wildman–Crippen MR) is 169 cm³/mol. The summed E-state index contributed by atoms with van der Waals surface area (Å²) in [5, 5.41) is 7.17. The van der Waals surface area contributed by atoms with E-state index in [0.29, 0.717) is 0 Å². The highest BCUT2D eigenvalue weighted by Crippen LogP contribution is 2.41. The molecule has 2 heteroatoms. The molecule has 0 unspecified atom stereocenters. The lowest BCUT2D eigenvalue weighted by atomic mass is 10.0. The molecule has 0 bridgehead atoms. The van der Waals surface area contributed by atoms with Gasteiger partial charge in [0.2, 0.25) is 0 Å². The van der Waals surface area contributed by atoms with Crippen molar-refractivity contribution in [3.8, 4) is 11.1 Å². The average molecular weight is 512 g/mol. The number of benzene rings is 7. The van der Waals surface area contributed by atoms with Gasteiger partial charge >= 0.3 is 0 Å². The van der Waals surface area contributed by atoms with E-state index in [9.17, 15) is 0 Å². The van der Waals surface area contributed by atoms with E-state index >= 15 is 0 Å². The Morgan fingerprint density at radius 1 is 0.375 bits per heavy atom. The number of hydrogen-bond donors (Lipinski definition) is 0. The molecule has 0 N–H and O–H groups in total. The van der Waals surface area contributed by atoms with Crippen LogP contribution >= 0.6 is 0 Å². The van der Waals surface area contributed by atoms with Gasteiger partial charge in [-0.1, -0.05) is 103 Å². The fourth-order valence-corrected chi connectivity index (χ4v) is 5.89. The predicted octanol–water partition coefficient (Wildman–Crippen LogP) is 11.0. The second kappa shape index (κ2) is 9.14.